The summed E-state index contributed by atoms with van der Waals surface area (Å²) in [6.45, 7) is 8.66. The molecule has 122 valence electrons. The van der Waals surface area contributed by atoms with Gasteiger partial charge in [0.2, 0.25) is 4.38 Å². The van der Waals surface area contributed by atoms with Crippen LogP contribution in [0.2, 0.25) is 0 Å². The van der Waals surface area contributed by atoms with E-state index >= 15 is 0 Å². The van der Waals surface area contributed by atoms with Crippen molar-refractivity contribution < 1.29 is 14.3 Å². The highest BCUT2D eigenvalue weighted by Crippen LogP contribution is 2.32. The molecule has 0 aliphatic rings. The third-order valence-corrected chi connectivity index (χ3v) is 4.35. The van der Waals surface area contributed by atoms with Gasteiger partial charge in [0.05, 0.1) is 13.2 Å². The molecule has 1 rings (SSSR count). The van der Waals surface area contributed by atoms with Gasteiger partial charge in [0, 0.05) is 0 Å². The number of hydrogen-bond donors (Lipinski definition) is 0. The molecule has 22 heavy (non-hydrogen) atoms. The second-order valence-corrected chi connectivity index (χ2v) is 7.78. The normalized spacial score (nSPS) is 13.5. The van der Waals surface area contributed by atoms with Crippen molar-refractivity contribution in [3.8, 4) is 0 Å². The zero-order valence-electron chi connectivity index (χ0n) is 13.6. The first-order valence-electron chi connectivity index (χ1n) is 7.44. The highest BCUT2D eigenvalue weighted by molar-refractivity contribution is 8.23. The molecule has 0 saturated heterocycles. The Balaban J connectivity index is 2.87. The number of thiocarbonyl (C=S) groups is 1. The Labute approximate surface area is 142 Å². The first kappa shape index (κ1) is 19.0. The summed E-state index contributed by atoms with van der Waals surface area (Å²) in [4.78, 5) is 12.6. The highest BCUT2D eigenvalue weighted by Gasteiger charge is 2.38. The van der Waals surface area contributed by atoms with Crippen molar-refractivity contribution in [3.05, 3.63) is 35.9 Å². The molecule has 1 aromatic rings. The predicted octanol–water partition coefficient (Wildman–Crippen LogP) is 4.24. The second-order valence-electron chi connectivity index (χ2n) is 5.67. The molecule has 0 spiro atoms. The summed E-state index contributed by atoms with van der Waals surface area (Å²) < 4.78 is 10.4. The maximum Gasteiger partial charge on any atom is 0.322 e. The van der Waals surface area contributed by atoms with E-state index in [0.29, 0.717) is 29.9 Å². The first-order chi connectivity index (χ1) is 10.4. The number of esters is 1. The van der Waals surface area contributed by atoms with Gasteiger partial charge in [0.1, 0.15) is 4.75 Å². The summed E-state index contributed by atoms with van der Waals surface area (Å²) in [5.74, 6) is 0.0471. The summed E-state index contributed by atoms with van der Waals surface area (Å²) >= 11 is 6.47. The van der Waals surface area contributed by atoms with E-state index in [1.807, 2.05) is 58.0 Å². The summed E-state index contributed by atoms with van der Waals surface area (Å²) in [6.07, 6.45) is 0.544. The van der Waals surface area contributed by atoms with Gasteiger partial charge in [0.15, 0.2) is 0 Å². The van der Waals surface area contributed by atoms with Crippen LogP contribution in [0.1, 0.15) is 33.3 Å². The molecule has 5 heteroatoms. The lowest BCUT2D eigenvalue weighted by Crippen LogP contribution is -2.38. The lowest BCUT2D eigenvalue weighted by molar-refractivity contribution is -0.147. The Morgan fingerprint density at radius 1 is 1.27 bits per heavy atom. The fourth-order valence-electron chi connectivity index (χ4n) is 1.86. The SMILES string of the molecule is CCOC(=S)SC(C)(Cc1ccccc1)C(=O)OCC(C)C. The van der Waals surface area contributed by atoms with Gasteiger partial charge in [-0.2, -0.15) is 0 Å². The lowest BCUT2D eigenvalue weighted by Gasteiger charge is -2.27. The van der Waals surface area contributed by atoms with Gasteiger partial charge in [-0.3, -0.25) is 4.79 Å². The summed E-state index contributed by atoms with van der Waals surface area (Å²) in [6, 6.07) is 9.87. The fraction of sp³-hybridized carbons (Fsp3) is 0.529. The van der Waals surface area contributed by atoms with Crippen LogP contribution in [0, 0.1) is 5.92 Å². The van der Waals surface area contributed by atoms with Crippen LogP contribution in [0.5, 0.6) is 0 Å². The lowest BCUT2D eigenvalue weighted by atomic mass is 10.0. The van der Waals surface area contributed by atoms with Crippen molar-refractivity contribution in [2.75, 3.05) is 13.2 Å². The Morgan fingerprint density at radius 3 is 2.45 bits per heavy atom. The van der Waals surface area contributed by atoms with E-state index in [-0.39, 0.29) is 5.97 Å². The van der Waals surface area contributed by atoms with Crippen molar-refractivity contribution in [2.24, 2.45) is 5.92 Å². The number of hydrogen-bond acceptors (Lipinski definition) is 5. The minimum atomic E-state index is -0.789. The van der Waals surface area contributed by atoms with Gasteiger partial charge >= 0.3 is 5.97 Å². The van der Waals surface area contributed by atoms with E-state index in [0.717, 1.165) is 5.56 Å². The zero-order chi connectivity index (χ0) is 16.6. The molecule has 0 heterocycles. The minimum absolute atomic E-state index is 0.253. The van der Waals surface area contributed by atoms with Crippen LogP contribution in [0.3, 0.4) is 0 Å². The van der Waals surface area contributed by atoms with Crippen LogP contribution >= 0.6 is 24.0 Å². The van der Waals surface area contributed by atoms with Gasteiger partial charge in [0.25, 0.3) is 0 Å². The Morgan fingerprint density at radius 2 is 1.91 bits per heavy atom. The standard InChI is InChI=1S/C17H24O3S2/c1-5-19-16(21)22-17(4,15(18)20-12-13(2)3)11-14-9-7-6-8-10-14/h6-10,13H,5,11-12H2,1-4H3. The van der Waals surface area contributed by atoms with E-state index in [1.165, 1.54) is 11.8 Å². The molecule has 0 N–H and O–H groups in total. The molecule has 1 atom stereocenters. The molecule has 1 unspecified atom stereocenters. The van der Waals surface area contributed by atoms with Gasteiger partial charge in [-0.15, -0.1) is 0 Å². The van der Waals surface area contributed by atoms with Gasteiger partial charge in [-0.05, 0) is 44.0 Å². The third kappa shape index (κ3) is 6.36. The van der Waals surface area contributed by atoms with Gasteiger partial charge < -0.3 is 9.47 Å². The predicted molar refractivity (Wildman–Crippen MR) is 96.2 cm³/mol. The molecular weight excluding hydrogens is 316 g/mol. The smallest absolute Gasteiger partial charge is 0.322 e. The average molecular weight is 341 g/mol. The molecule has 0 aliphatic carbocycles. The number of benzene rings is 1. The number of thioether (sulfide) groups is 1. The molecule has 0 fully saturated rings. The second kappa shape index (κ2) is 9.16. The van der Waals surface area contributed by atoms with E-state index in [4.69, 9.17) is 21.7 Å². The van der Waals surface area contributed by atoms with Crippen molar-refractivity contribution in [3.63, 3.8) is 0 Å². The molecule has 1 aromatic carbocycles. The molecule has 0 amide bonds. The number of carbonyl (C=O) groups is 1. The average Bonchev–Trinajstić information content (AvgIpc) is 2.45. The molecule has 0 saturated carbocycles. The van der Waals surface area contributed by atoms with Crippen LogP contribution in [0.15, 0.2) is 30.3 Å². The van der Waals surface area contributed by atoms with Crippen LogP contribution in [0.25, 0.3) is 0 Å². The quantitative estimate of drug-likeness (QED) is 0.548. The van der Waals surface area contributed by atoms with E-state index < -0.39 is 4.75 Å². The van der Waals surface area contributed by atoms with Crippen LogP contribution in [-0.4, -0.2) is 28.3 Å². The van der Waals surface area contributed by atoms with Crippen molar-refractivity contribution >= 4 is 34.3 Å². The van der Waals surface area contributed by atoms with E-state index in [9.17, 15) is 4.79 Å². The number of ether oxygens (including phenoxy) is 2. The van der Waals surface area contributed by atoms with Crippen molar-refractivity contribution in [2.45, 2.75) is 38.9 Å². The fourth-order valence-corrected chi connectivity index (χ4v) is 3.46. The molecular formula is C17H24O3S2. The van der Waals surface area contributed by atoms with E-state index in [2.05, 4.69) is 0 Å². The van der Waals surface area contributed by atoms with Crippen molar-refractivity contribution in [1.29, 1.82) is 0 Å². The molecule has 0 aliphatic heterocycles. The Bertz CT molecular complexity index is 488. The van der Waals surface area contributed by atoms with E-state index in [1.54, 1.807) is 0 Å². The van der Waals surface area contributed by atoms with Crippen LogP contribution in [-0.2, 0) is 20.7 Å². The highest BCUT2D eigenvalue weighted by atomic mass is 32.2. The molecule has 0 bridgehead atoms. The summed E-state index contributed by atoms with van der Waals surface area (Å²) in [7, 11) is 0. The van der Waals surface area contributed by atoms with Crippen molar-refractivity contribution in [1.82, 2.24) is 0 Å². The molecule has 3 nitrogen and oxygen atoms in total. The zero-order valence-corrected chi connectivity index (χ0v) is 15.3. The molecule has 0 radical (unpaired) electrons. The maximum atomic E-state index is 12.6. The molecule has 0 aromatic heterocycles. The maximum absolute atomic E-state index is 12.6. The van der Waals surface area contributed by atoms with Crippen LogP contribution in [0.4, 0.5) is 0 Å². The topological polar surface area (TPSA) is 35.5 Å². The number of rotatable bonds is 7. The Kier molecular flexibility index (Phi) is 7.90. The Hall–Kier alpha value is -1.07. The largest absolute Gasteiger partial charge is 0.479 e. The van der Waals surface area contributed by atoms with Gasteiger partial charge in [-0.1, -0.05) is 55.9 Å². The summed E-state index contributed by atoms with van der Waals surface area (Å²) in [5.41, 5.74) is 1.07. The summed E-state index contributed by atoms with van der Waals surface area (Å²) in [5, 5.41) is 0. The third-order valence-electron chi connectivity index (χ3n) is 2.93. The first-order valence-corrected chi connectivity index (χ1v) is 8.66. The minimum Gasteiger partial charge on any atom is -0.479 e. The monoisotopic (exact) mass is 340 g/mol. The van der Waals surface area contributed by atoms with Crippen LogP contribution < -0.4 is 0 Å². The van der Waals surface area contributed by atoms with Gasteiger partial charge in [-0.25, -0.2) is 0 Å². The number of carbonyl (C=O) groups excluding carboxylic acids is 1.